The van der Waals surface area contributed by atoms with Crippen LogP contribution in [0.3, 0.4) is 0 Å². The molecule has 0 radical (unpaired) electrons. The van der Waals surface area contributed by atoms with Gasteiger partial charge in [-0.1, -0.05) is 18.0 Å². The molecule has 9 heteroatoms. The van der Waals surface area contributed by atoms with Crippen LogP contribution in [0.1, 0.15) is 43.5 Å². The third kappa shape index (κ3) is 5.96. The summed E-state index contributed by atoms with van der Waals surface area (Å²) in [6.45, 7) is 6.55. The minimum absolute atomic E-state index is 0.0816. The number of hydrogen-bond acceptors (Lipinski definition) is 4. The predicted octanol–water partition coefficient (Wildman–Crippen LogP) is 4.27. The van der Waals surface area contributed by atoms with E-state index in [0.29, 0.717) is 6.54 Å². The molecule has 6 nitrogen and oxygen atoms in total. The topological polar surface area (TPSA) is 78.5 Å². The van der Waals surface area contributed by atoms with Gasteiger partial charge >= 0.3 is 0 Å². The van der Waals surface area contributed by atoms with Crippen LogP contribution in [0, 0.1) is 5.82 Å². The molecule has 0 saturated carbocycles. The van der Waals surface area contributed by atoms with Gasteiger partial charge in [0.25, 0.3) is 15.9 Å². The number of piperidine rings is 1. The lowest BCUT2D eigenvalue weighted by atomic mass is 9.98. The van der Waals surface area contributed by atoms with Crippen LogP contribution >= 0.6 is 11.6 Å². The smallest absolute Gasteiger partial charge is 0.261 e. The van der Waals surface area contributed by atoms with Crippen LogP contribution in [0.25, 0.3) is 0 Å². The molecule has 2 aromatic carbocycles. The number of carbonyl (C=O) groups is 1. The van der Waals surface area contributed by atoms with E-state index in [1.807, 2.05) is 0 Å². The molecule has 168 valence electrons. The summed E-state index contributed by atoms with van der Waals surface area (Å²) >= 11 is 6.19. The van der Waals surface area contributed by atoms with E-state index in [1.54, 1.807) is 0 Å². The fourth-order valence-electron chi connectivity index (χ4n) is 3.58. The quantitative estimate of drug-likeness (QED) is 0.637. The highest BCUT2D eigenvalue weighted by Crippen LogP contribution is 2.24. The summed E-state index contributed by atoms with van der Waals surface area (Å²) < 4.78 is 40.9. The first kappa shape index (κ1) is 23.5. The molecule has 3 rings (SSSR count). The molecule has 2 N–H and O–H groups in total. The fraction of sp³-hybridized carbons (Fsp3) is 0.409. The summed E-state index contributed by atoms with van der Waals surface area (Å²) in [5.74, 6) is -0.908. The second kappa shape index (κ2) is 9.54. The van der Waals surface area contributed by atoms with Crippen LogP contribution in [0.15, 0.2) is 47.4 Å². The monoisotopic (exact) mass is 467 g/mol. The molecule has 1 aliphatic heterocycles. The van der Waals surface area contributed by atoms with E-state index in [0.717, 1.165) is 38.1 Å². The Balaban J connectivity index is 1.73. The SMILES string of the molecule is CC(C)(CNC(=O)c1cc(S(=O)(=O)Nc2ccc(F)cc2)ccc1Cl)N1CCCCC1. The normalized spacial score (nSPS) is 15.5. The Morgan fingerprint density at radius 1 is 1.10 bits per heavy atom. The van der Waals surface area contributed by atoms with Crippen LogP contribution in [0.2, 0.25) is 5.02 Å². The Hall–Kier alpha value is -2.16. The molecule has 0 atom stereocenters. The molecule has 0 bridgehead atoms. The lowest BCUT2D eigenvalue weighted by Gasteiger charge is -2.41. The van der Waals surface area contributed by atoms with Crippen LogP contribution in [0.5, 0.6) is 0 Å². The Morgan fingerprint density at radius 3 is 2.39 bits per heavy atom. The molecular formula is C22H27ClFN3O3S. The summed E-state index contributed by atoms with van der Waals surface area (Å²) in [5.41, 5.74) is 0.0693. The van der Waals surface area contributed by atoms with Crippen molar-refractivity contribution >= 4 is 33.2 Å². The van der Waals surface area contributed by atoms with Crippen molar-refractivity contribution in [3.63, 3.8) is 0 Å². The number of nitrogens with one attached hydrogen (secondary N) is 2. The first-order valence-corrected chi connectivity index (χ1v) is 12.1. The van der Waals surface area contributed by atoms with E-state index >= 15 is 0 Å². The molecule has 1 amide bonds. The Bertz CT molecular complexity index is 1040. The van der Waals surface area contributed by atoms with Crippen LogP contribution < -0.4 is 10.0 Å². The van der Waals surface area contributed by atoms with Gasteiger partial charge in [-0.3, -0.25) is 14.4 Å². The van der Waals surface area contributed by atoms with Gasteiger partial charge in [-0.05, 0) is 82.2 Å². The van der Waals surface area contributed by atoms with Crippen molar-refractivity contribution in [2.24, 2.45) is 0 Å². The van der Waals surface area contributed by atoms with E-state index in [9.17, 15) is 17.6 Å². The third-order valence-electron chi connectivity index (χ3n) is 5.48. The minimum Gasteiger partial charge on any atom is -0.350 e. The van der Waals surface area contributed by atoms with Gasteiger partial charge in [0, 0.05) is 17.8 Å². The summed E-state index contributed by atoms with van der Waals surface area (Å²) in [6.07, 6.45) is 3.51. The average molecular weight is 468 g/mol. The first-order chi connectivity index (χ1) is 14.6. The van der Waals surface area contributed by atoms with Gasteiger partial charge in [0.2, 0.25) is 0 Å². The van der Waals surface area contributed by atoms with E-state index in [2.05, 4.69) is 28.8 Å². The number of hydrogen-bond donors (Lipinski definition) is 2. The average Bonchev–Trinajstić information content (AvgIpc) is 2.74. The molecule has 0 aromatic heterocycles. The highest BCUT2D eigenvalue weighted by Gasteiger charge is 2.29. The fourth-order valence-corrected chi connectivity index (χ4v) is 4.87. The molecule has 2 aromatic rings. The van der Waals surface area contributed by atoms with Crippen molar-refractivity contribution in [3.8, 4) is 0 Å². The highest BCUT2D eigenvalue weighted by atomic mass is 35.5. The van der Waals surface area contributed by atoms with Gasteiger partial charge in [0.05, 0.1) is 15.5 Å². The molecule has 31 heavy (non-hydrogen) atoms. The van der Waals surface area contributed by atoms with E-state index in [1.165, 1.54) is 36.8 Å². The largest absolute Gasteiger partial charge is 0.350 e. The summed E-state index contributed by atoms with van der Waals surface area (Å²) in [5, 5.41) is 3.05. The van der Waals surface area contributed by atoms with E-state index in [4.69, 9.17) is 11.6 Å². The van der Waals surface area contributed by atoms with Gasteiger partial charge in [-0.2, -0.15) is 0 Å². The number of amides is 1. The molecule has 1 fully saturated rings. The molecule has 1 aliphatic rings. The van der Waals surface area contributed by atoms with E-state index in [-0.39, 0.29) is 26.7 Å². The maximum absolute atomic E-state index is 13.1. The predicted molar refractivity (Wildman–Crippen MR) is 120 cm³/mol. The van der Waals surface area contributed by atoms with Crippen LogP contribution in [-0.2, 0) is 10.0 Å². The number of nitrogens with zero attached hydrogens (tertiary/aromatic N) is 1. The number of halogens is 2. The molecule has 1 saturated heterocycles. The zero-order chi connectivity index (χ0) is 22.6. The first-order valence-electron chi connectivity index (χ1n) is 10.2. The number of benzene rings is 2. The number of rotatable bonds is 7. The Kier molecular flexibility index (Phi) is 7.24. The van der Waals surface area contributed by atoms with Crippen molar-refractivity contribution in [2.75, 3.05) is 24.4 Å². The molecule has 0 unspecified atom stereocenters. The number of likely N-dealkylation sites (tertiary alicyclic amines) is 1. The highest BCUT2D eigenvalue weighted by molar-refractivity contribution is 7.92. The van der Waals surface area contributed by atoms with Crippen molar-refractivity contribution in [1.82, 2.24) is 10.2 Å². The molecule has 0 aliphatic carbocycles. The zero-order valence-electron chi connectivity index (χ0n) is 17.6. The third-order valence-corrected chi connectivity index (χ3v) is 7.19. The summed E-state index contributed by atoms with van der Waals surface area (Å²) in [4.78, 5) is 15.0. The van der Waals surface area contributed by atoms with Gasteiger partial charge in [0.1, 0.15) is 5.82 Å². The van der Waals surface area contributed by atoms with Gasteiger partial charge in [-0.15, -0.1) is 0 Å². The van der Waals surface area contributed by atoms with E-state index < -0.39 is 21.7 Å². The van der Waals surface area contributed by atoms with Crippen molar-refractivity contribution < 1.29 is 17.6 Å². The Labute approximate surface area is 187 Å². The van der Waals surface area contributed by atoms with Crippen LogP contribution in [-0.4, -0.2) is 44.4 Å². The van der Waals surface area contributed by atoms with Crippen molar-refractivity contribution in [3.05, 3.63) is 58.9 Å². The van der Waals surface area contributed by atoms with Gasteiger partial charge in [0.15, 0.2) is 0 Å². The standard InChI is InChI=1S/C22H27ClFN3O3S/c1-22(2,27-12-4-3-5-13-27)15-25-21(28)19-14-18(10-11-20(19)23)31(29,30)26-17-8-6-16(24)7-9-17/h6-11,14,26H,3-5,12-13,15H2,1-2H3,(H,25,28). The number of sulfonamides is 1. The summed E-state index contributed by atoms with van der Waals surface area (Å²) in [6, 6.07) is 8.90. The maximum Gasteiger partial charge on any atom is 0.261 e. The minimum atomic E-state index is -3.98. The summed E-state index contributed by atoms with van der Waals surface area (Å²) in [7, 11) is -3.98. The number of anilines is 1. The van der Waals surface area contributed by atoms with Gasteiger partial charge < -0.3 is 5.32 Å². The van der Waals surface area contributed by atoms with Crippen molar-refractivity contribution in [1.29, 1.82) is 0 Å². The number of carbonyl (C=O) groups excluding carboxylic acids is 1. The second-order valence-electron chi connectivity index (χ2n) is 8.30. The molecule has 0 spiro atoms. The van der Waals surface area contributed by atoms with Crippen LogP contribution in [0.4, 0.5) is 10.1 Å². The zero-order valence-corrected chi connectivity index (χ0v) is 19.2. The van der Waals surface area contributed by atoms with Gasteiger partial charge in [-0.25, -0.2) is 12.8 Å². The molecule has 1 heterocycles. The second-order valence-corrected chi connectivity index (χ2v) is 10.4. The Morgan fingerprint density at radius 2 is 1.74 bits per heavy atom. The lowest BCUT2D eigenvalue weighted by molar-refractivity contribution is 0.0797. The van der Waals surface area contributed by atoms with Crippen molar-refractivity contribution in [2.45, 2.75) is 43.5 Å². The maximum atomic E-state index is 13.1. The lowest BCUT2D eigenvalue weighted by Crippen LogP contribution is -2.53. The molecular weight excluding hydrogens is 441 g/mol.